The molecule has 0 unspecified atom stereocenters. The summed E-state index contributed by atoms with van der Waals surface area (Å²) in [6.45, 7) is 2.17. The molecule has 2 heteroatoms. The van der Waals surface area contributed by atoms with E-state index in [0.29, 0.717) is 5.56 Å². The lowest BCUT2D eigenvalue weighted by Crippen LogP contribution is -1.81. The molecule has 0 saturated heterocycles. The van der Waals surface area contributed by atoms with Gasteiger partial charge in [0.15, 0.2) is 0 Å². The summed E-state index contributed by atoms with van der Waals surface area (Å²) < 4.78 is 0. The minimum absolute atomic E-state index is 0.692. The second-order valence-corrected chi connectivity index (χ2v) is 8.25. The molecule has 0 fully saturated rings. The highest BCUT2D eigenvalue weighted by molar-refractivity contribution is 7.16. The van der Waals surface area contributed by atoms with Gasteiger partial charge >= 0.3 is 0 Å². The van der Waals surface area contributed by atoms with E-state index in [1.807, 2.05) is 35.6 Å². The Hall–Kier alpha value is -3.41. The van der Waals surface area contributed by atoms with Crippen molar-refractivity contribution in [2.45, 2.75) is 6.92 Å². The number of nitrogens with zero attached hydrogens (tertiary/aromatic N) is 1. The maximum absolute atomic E-state index is 9.03. The zero-order valence-electron chi connectivity index (χ0n) is 15.4. The standard InChI is InChI=1S/C26H17NS/c1-17-24(19-11-9-18(16-27)10-12-19)15-26(28-17)23-8-4-7-22-13-20-5-2-3-6-21(20)14-25(22)23/h2-15H,1H3. The van der Waals surface area contributed by atoms with Gasteiger partial charge in [0.05, 0.1) is 11.6 Å². The minimum Gasteiger partial charge on any atom is -0.192 e. The van der Waals surface area contributed by atoms with E-state index in [-0.39, 0.29) is 0 Å². The largest absolute Gasteiger partial charge is 0.192 e. The summed E-state index contributed by atoms with van der Waals surface area (Å²) in [5.41, 5.74) is 4.36. The maximum atomic E-state index is 9.03. The lowest BCUT2D eigenvalue weighted by molar-refractivity contribution is 1.48. The number of nitriles is 1. The first-order chi connectivity index (χ1) is 13.7. The van der Waals surface area contributed by atoms with Crippen LogP contribution in [0.25, 0.3) is 43.1 Å². The van der Waals surface area contributed by atoms with Crippen LogP contribution in [0.5, 0.6) is 0 Å². The van der Waals surface area contributed by atoms with E-state index in [1.54, 1.807) is 0 Å². The number of thiophene rings is 1. The molecule has 0 atom stereocenters. The molecule has 1 aromatic heterocycles. The fourth-order valence-electron chi connectivity index (χ4n) is 3.81. The second kappa shape index (κ2) is 6.64. The van der Waals surface area contributed by atoms with Gasteiger partial charge in [0, 0.05) is 9.75 Å². The van der Waals surface area contributed by atoms with Gasteiger partial charge < -0.3 is 0 Å². The van der Waals surface area contributed by atoms with Gasteiger partial charge in [-0.25, -0.2) is 0 Å². The third-order valence-electron chi connectivity index (χ3n) is 5.25. The Morgan fingerprint density at radius 2 is 1.43 bits per heavy atom. The summed E-state index contributed by atoms with van der Waals surface area (Å²) in [6.07, 6.45) is 0. The zero-order valence-corrected chi connectivity index (χ0v) is 16.3. The molecule has 0 aliphatic rings. The van der Waals surface area contributed by atoms with Gasteiger partial charge in [0.2, 0.25) is 0 Å². The molecule has 0 aliphatic heterocycles. The van der Waals surface area contributed by atoms with Crippen molar-refractivity contribution in [3.05, 3.63) is 95.4 Å². The van der Waals surface area contributed by atoms with Crippen LogP contribution in [0.15, 0.2) is 84.9 Å². The third kappa shape index (κ3) is 2.78. The van der Waals surface area contributed by atoms with Gasteiger partial charge in [-0.15, -0.1) is 11.3 Å². The van der Waals surface area contributed by atoms with Crippen LogP contribution in [-0.2, 0) is 0 Å². The Bertz CT molecular complexity index is 1370. The molecule has 1 nitrogen and oxygen atoms in total. The Balaban J connectivity index is 1.68. The quantitative estimate of drug-likeness (QED) is 0.292. The average molecular weight is 375 g/mol. The van der Waals surface area contributed by atoms with E-state index in [2.05, 4.69) is 73.7 Å². The van der Waals surface area contributed by atoms with Crippen LogP contribution in [0.3, 0.4) is 0 Å². The lowest BCUT2D eigenvalue weighted by atomic mass is 9.98. The zero-order chi connectivity index (χ0) is 19.1. The van der Waals surface area contributed by atoms with Crippen molar-refractivity contribution in [1.82, 2.24) is 0 Å². The van der Waals surface area contributed by atoms with Crippen molar-refractivity contribution in [2.24, 2.45) is 0 Å². The van der Waals surface area contributed by atoms with Crippen molar-refractivity contribution < 1.29 is 0 Å². The number of aryl methyl sites for hydroxylation is 1. The van der Waals surface area contributed by atoms with E-state index < -0.39 is 0 Å². The van der Waals surface area contributed by atoms with Crippen LogP contribution in [0, 0.1) is 18.3 Å². The molecule has 1 heterocycles. The van der Waals surface area contributed by atoms with Crippen molar-refractivity contribution >= 4 is 32.9 Å². The molecule has 132 valence electrons. The van der Waals surface area contributed by atoms with Crippen molar-refractivity contribution in [2.75, 3.05) is 0 Å². The first-order valence-electron chi connectivity index (χ1n) is 9.26. The molecule has 5 rings (SSSR count). The van der Waals surface area contributed by atoms with E-state index in [4.69, 9.17) is 5.26 Å². The number of benzene rings is 4. The van der Waals surface area contributed by atoms with E-state index in [1.165, 1.54) is 42.4 Å². The molecule has 0 spiro atoms. The predicted octanol–water partition coefficient (Wildman–Crippen LogP) is 7.57. The number of fused-ring (bicyclic) bond motifs is 2. The summed E-state index contributed by atoms with van der Waals surface area (Å²) in [5.74, 6) is 0. The monoisotopic (exact) mass is 375 g/mol. The molecule has 5 aromatic rings. The Labute approximate surface area is 168 Å². The predicted molar refractivity (Wildman–Crippen MR) is 120 cm³/mol. The molecule has 0 amide bonds. The molecule has 28 heavy (non-hydrogen) atoms. The van der Waals surface area contributed by atoms with Crippen LogP contribution in [-0.4, -0.2) is 0 Å². The second-order valence-electron chi connectivity index (χ2n) is 7.00. The molecule has 0 N–H and O–H groups in total. The van der Waals surface area contributed by atoms with Gasteiger partial charge in [-0.05, 0) is 75.5 Å². The number of hydrogen-bond donors (Lipinski definition) is 0. The fourth-order valence-corrected chi connectivity index (χ4v) is 4.89. The first-order valence-corrected chi connectivity index (χ1v) is 10.1. The normalized spacial score (nSPS) is 11.0. The molecule has 4 aromatic carbocycles. The lowest BCUT2D eigenvalue weighted by Gasteiger charge is -2.07. The highest BCUT2D eigenvalue weighted by Crippen LogP contribution is 2.40. The molecule has 0 aliphatic carbocycles. The van der Waals surface area contributed by atoms with Gasteiger partial charge in [0.25, 0.3) is 0 Å². The third-order valence-corrected chi connectivity index (χ3v) is 6.34. The van der Waals surface area contributed by atoms with Gasteiger partial charge in [0.1, 0.15) is 0 Å². The summed E-state index contributed by atoms with van der Waals surface area (Å²) in [7, 11) is 0. The van der Waals surface area contributed by atoms with Gasteiger partial charge in [-0.3, -0.25) is 0 Å². The summed E-state index contributed by atoms with van der Waals surface area (Å²) in [5, 5.41) is 14.1. The van der Waals surface area contributed by atoms with Crippen LogP contribution in [0.4, 0.5) is 0 Å². The Morgan fingerprint density at radius 1 is 0.714 bits per heavy atom. The summed E-state index contributed by atoms with van der Waals surface area (Å²) >= 11 is 1.83. The van der Waals surface area contributed by atoms with Crippen molar-refractivity contribution in [3.63, 3.8) is 0 Å². The van der Waals surface area contributed by atoms with Crippen LogP contribution < -0.4 is 0 Å². The highest BCUT2D eigenvalue weighted by Gasteiger charge is 2.12. The average Bonchev–Trinajstić information content (AvgIpc) is 3.13. The Kier molecular flexibility index (Phi) is 3.97. The fraction of sp³-hybridized carbons (Fsp3) is 0.0385. The molecule has 0 radical (unpaired) electrons. The SMILES string of the molecule is Cc1sc(-c2cccc3cc4ccccc4cc23)cc1-c1ccc(C#N)cc1. The molecular formula is C26H17NS. The van der Waals surface area contributed by atoms with E-state index >= 15 is 0 Å². The highest BCUT2D eigenvalue weighted by atomic mass is 32.1. The van der Waals surface area contributed by atoms with Crippen molar-refractivity contribution in [3.8, 4) is 27.6 Å². The molecule has 0 saturated carbocycles. The molecular weight excluding hydrogens is 358 g/mol. The summed E-state index contributed by atoms with van der Waals surface area (Å²) in [6, 6.07) is 32.0. The maximum Gasteiger partial charge on any atom is 0.0991 e. The minimum atomic E-state index is 0.692. The first kappa shape index (κ1) is 16.7. The van der Waals surface area contributed by atoms with Crippen molar-refractivity contribution in [1.29, 1.82) is 5.26 Å². The molecule has 0 bridgehead atoms. The number of hydrogen-bond acceptors (Lipinski definition) is 2. The van der Waals surface area contributed by atoms with Gasteiger partial charge in [-0.1, -0.05) is 54.6 Å². The van der Waals surface area contributed by atoms with E-state index in [9.17, 15) is 0 Å². The van der Waals surface area contributed by atoms with Crippen LogP contribution >= 0.6 is 11.3 Å². The number of rotatable bonds is 2. The van der Waals surface area contributed by atoms with E-state index in [0.717, 1.165) is 5.56 Å². The smallest absolute Gasteiger partial charge is 0.0991 e. The van der Waals surface area contributed by atoms with Crippen LogP contribution in [0.1, 0.15) is 10.4 Å². The topological polar surface area (TPSA) is 23.8 Å². The van der Waals surface area contributed by atoms with Crippen LogP contribution in [0.2, 0.25) is 0 Å². The van der Waals surface area contributed by atoms with Gasteiger partial charge in [-0.2, -0.15) is 5.26 Å². The summed E-state index contributed by atoms with van der Waals surface area (Å²) in [4.78, 5) is 2.57. The Morgan fingerprint density at radius 3 is 2.18 bits per heavy atom.